The first-order valence-electron chi connectivity index (χ1n) is 9.67. The Morgan fingerprint density at radius 2 is 1.85 bits per heavy atom. The van der Waals surface area contributed by atoms with Gasteiger partial charge in [0, 0.05) is 26.1 Å². The molecule has 0 radical (unpaired) electrons. The molecule has 1 aromatic heterocycles. The summed E-state index contributed by atoms with van der Waals surface area (Å²) in [6.07, 6.45) is 0.667. The van der Waals surface area contributed by atoms with E-state index in [0.29, 0.717) is 36.4 Å². The van der Waals surface area contributed by atoms with Crippen LogP contribution in [0.2, 0.25) is 0 Å². The Balaban J connectivity index is 1.80. The number of anilines is 1. The monoisotopic (exact) mass is 368 g/mol. The zero-order valence-corrected chi connectivity index (χ0v) is 16.4. The van der Waals surface area contributed by atoms with E-state index in [1.807, 2.05) is 6.92 Å². The highest BCUT2D eigenvalue weighted by molar-refractivity contribution is 5.45. The van der Waals surface area contributed by atoms with Crippen LogP contribution in [0, 0.1) is 11.3 Å². The third-order valence-corrected chi connectivity index (χ3v) is 5.01. The first-order chi connectivity index (χ1) is 13.1. The van der Waals surface area contributed by atoms with Crippen LogP contribution in [0.25, 0.3) is 0 Å². The number of benzene rings is 1. The van der Waals surface area contributed by atoms with Crippen LogP contribution >= 0.6 is 0 Å². The second-order valence-corrected chi connectivity index (χ2v) is 7.12. The molecule has 1 saturated heterocycles. The van der Waals surface area contributed by atoms with Crippen LogP contribution in [0.1, 0.15) is 55.4 Å². The van der Waals surface area contributed by atoms with E-state index in [1.54, 1.807) is 0 Å². The smallest absolute Gasteiger partial charge is 0.232 e. The minimum absolute atomic E-state index is 0.178. The Kier molecular flexibility index (Phi) is 6.49. The maximum atomic E-state index is 9.30. The van der Waals surface area contributed by atoms with Gasteiger partial charge in [0.25, 0.3) is 0 Å². The number of rotatable bonds is 7. The Hall–Kier alpha value is -2.36. The summed E-state index contributed by atoms with van der Waals surface area (Å²) >= 11 is 0. The van der Waals surface area contributed by atoms with Crippen molar-refractivity contribution < 1.29 is 9.15 Å². The predicted molar refractivity (Wildman–Crippen MR) is 105 cm³/mol. The van der Waals surface area contributed by atoms with Crippen LogP contribution in [0.4, 0.5) is 5.88 Å². The van der Waals surface area contributed by atoms with Crippen LogP contribution < -0.4 is 5.32 Å². The molecule has 0 amide bonds. The van der Waals surface area contributed by atoms with Crippen molar-refractivity contribution in [2.24, 2.45) is 0 Å². The normalized spacial score (nSPS) is 16.3. The van der Waals surface area contributed by atoms with E-state index in [2.05, 4.69) is 59.4 Å². The maximum absolute atomic E-state index is 9.30. The van der Waals surface area contributed by atoms with Crippen molar-refractivity contribution in [3.05, 3.63) is 47.0 Å². The average molecular weight is 368 g/mol. The van der Waals surface area contributed by atoms with E-state index >= 15 is 0 Å². The van der Waals surface area contributed by atoms with Gasteiger partial charge in [-0.05, 0) is 17.0 Å². The number of hydrogen-bond acceptors (Lipinski definition) is 6. The van der Waals surface area contributed by atoms with E-state index in [1.165, 1.54) is 11.1 Å². The van der Waals surface area contributed by atoms with Crippen LogP contribution in [0.15, 0.2) is 28.7 Å². The number of nitriles is 1. The molecule has 0 aliphatic carbocycles. The van der Waals surface area contributed by atoms with Crippen molar-refractivity contribution in [3.63, 3.8) is 0 Å². The Morgan fingerprint density at radius 3 is 2.44 bits per heavy atom. The van der Waals surface area contributed by atoms with Gasteiger partial charge in [-0.1, -0.05) is 45.0 Å². The highest BCUT2D eigenvalue weighted by atomic mass is 16.5. The van der Waals surface area contributed by atoms with E-state index < -0.39 is 0 Å². The molecule has 0 bridgehead atoms. The number of nitrogens with one attached hydrogen (secondary N) is 1. The zero-order valence-electron chi connectivity index (χ0n) is 16.4. The van der Waals surface area contributed by atoms with Gasteiger partial charge in [-0.25, -0.2) is 4.98 Å². The SMILES string of the molecule is CCc1nc(C#N)c(NCC(c2ccc(C(C)C)cc2)N2CCOCC2)o1. The second kappa shape index (κ2) is 9.03. The third kappa shape index (κ3) is 4.68. The van der Waals surface area contributed by atoms with Gasteiger partial charge in [-0.3, -0.25) is 4.90 Å². The van der Waals surface area contributed by atoms with Crippen LogP contribution in [-0.4, -0.2) is 42.7 Å². The largest absolute Gasteiger partial charge is 0.424 e. The van der Waals surface area contributed by atoms with E-state index in [0.717, 1.165) is 26.3 Å². The van der Waals surface area contributed by atoms with Crippen molar-refractivity contribution in [1.29, 1.82) is 5.26 Å². The summed E-state index contributed by atoms with van der Waals surface area (Å²) in [4.78, 5) is 6.64. The van der Waals surface area contributed by atoms with Crippen molar-refractivity contribution in [2.45, 2.75) is 39.2 Å². The fourth-order valence-electron chi connectivity index (χ4n) is 3.35. The lowest BCUT2D eigenvalue weighted by Gasteiger charge is -2.35. The molecule has 6 nitrogen and oxygen atoms in total. The lowest BCUT2D eigenvalue weighted by Crippen LogP contribution is -2.41. The van der Waals surface area contributed by atoms with Gasteiger partial charge in [-0.2, -0.15) is 5.26 Å². The molecule has 27 heavy (non-hydrogen) atoms. The minimum Gasteiger partial charge on any atom is -0.424 e. The molecule has 1 atom stereocenters. The minimum atomic E-state index is 0.178. The second-order valence-electron chi connectivity index (χ2n) is 7.12. The van der Waals surface area contributed by atoms with E-state index in [4.69, 9.17) is 9.15 Å². The maximum Gasteiger partial charge on any atom is 0.232 e. The molecule has 6 heteroatoms. The first kappa shape index (κ1) is 19.4. The lowest BCUT2D eigenvalue weighted by atomic mass is 9.98. The number of oxazole rings is 1. The van der Waals surface area contributed by atoms with Gasteiger partial charge in [-0.15, -0.1) is 0 Å². The summed E-state index contributed by atoms with van der Waals surface area (Å²) < 4.78 is 11.2. The number of hydrogen-bond donors (Lipinski definition) is 1. The molecule has 0 saturated carbocycles. The summed E-state index contributed by atoms with van der Waals surface area (Å²) in [6, 6.07) is 11.1. The zero-order chi connectivity index (χ0) is 19.2. The van der Waals surface area contributed by atoms with E-state index in [9.17, 15) is 5.26 Å². The lowest BCUT2D eigenvalue weighted by molar-refractivity contribution is 0.0186. The molecule has 144 valence electrons. The van der Waals surface area contributed by atoms with Gasteiger partial charge in [0.05, 0.1) is 19.3 Å². The van der Waals surface area contributed by atoms with Crippen molar-refractivity contribution in [1.82, 2.24) is 9.88 Å². The molecule has 1 aliphatic rings. The highest BCUT2D eigenvalue weighted by Crippen LogP contribution is 2.26. The number of aromatic nitrogens is 1. The number of morpholine rings is 1. The Bertz CT molecular complexity index is 770. The van der Waals surface area contributed by atoms with Crippen molar-refractivity contribution in [3.8, 4) is 6.07 Å². The standard InChI is InChI=1S/C21H28N4O2/c1-4-20-24-18(13-22)21(27-20)23-14-19(25-9-11-26-12-10-25)17-7-5-16(6-8-17)15(2)3/h5-8,15,19,23H,4,9-12,14H2,1-3H3. The van der Waals surface area contributed by atoms with E-state index in [-0.39, 0.29) is 6.04 Å². The number of aryl methyl sites for hydroxylation is 1. The van der Waals surface area contributed by atoms with Crippen LogP contribution in [0.3, 0.4) is 0 Å². The summed E-state index contributed by atoms with van der Waals surface area (Å²) in [5.41, 5.74) is 2.91. The van der Waals surface area contributed by atoms with Gasteiger partial charge >= 0.3 is 0 Å². The van der Waals surface area contributed by atoms with Gasteiger partial charge < -0.3 is 14.5 Å². The quantitative estimate of drug-likeness (QED) is 0.803. The Morgan fingerprint density at radius 1 is 1.19 bits per heavy atom. The molecule has 1 N–H and O–H groups in total. The predicted octanol–water partition coefficient (Wildman–Crippen LogP) is 3.72. The molecule has 1 aromatic carbocycles. The fourth-order valence-corrected chi connectivity index (χ4v) is 3.35. The third-order valence-electron chi connectivity index (χ3n) is 5.01. The fraction of sp³-hybridized carbons (Fsp3) is 0.524. The van der Waals surface area contributed by atoms with Crippen molar-refractivity contribution in [2.75, 3.05) is 38.2 Å². The molecular formula is C21H28N4O2. The first-order valence-corrected chi connectivity index (χ1v) is 9.67. The van der Waals surface area contributed by atoms with Crippen LogP contribution in [0.5, 0.6) is 0 Å². The average Bonchev–Trinajstić information content (AvgIpc) is 3.12. The molecule has 3 rings (SSSR count). The molecular weight excluding hydrogens is 340 g/mol. The number of nitrogens with zero attached hydrogens (tertiary/aromatic N) is 3. The molecule has 2 heterocycles. The van der Waals surface area contributed by atoms with Gasteiger partial charge in [0.1, 0.15) is 6.07 Å². The summed E-state index contributed by atoms with van der Waals surface area (Å²) in [5.74, 6) is 1.56. The van der Waals surface area contributed by atoms with Crippen LogP contribution in [-0.2, 0) is 11.2 Å². The molecule has 1 aliphatic heterocycles. The molecule has 1 fully saturated rings. The summed E-state index contributed by atoms with van der Waals surface area (Å²) in [6.45, 7) is 10.3. The van der Waals surface area contributed by atoms with Crippen molar-refractivity contribution >= 4 is 5.88 Å². The highest BCUT2D eigenvalue weighted by Gasteiger charge is 2.24. The number of ether oxygens (including phenoxy) is 1. The molecule has 2 aromatic rings. The molecule has 1 unspecified atom stereocenters. The van der Waals surface area contributed by atoms with Gasteiger partial charge in [0.15, 0.2) is 5.89 Å². The summed E-state index contributed by atoms with van der Waals surface area (Å²) in [5, 5.41) is 12.6. The topological polar surface area (TPSA) is 74.3 Å². The Labute approximate surface area is 161 Å². The summed E-state index contributed by atoms with van der Waals surface area (Å²) in [7, 11) is 0. The van der Waals surface area contributed by atoms with Gasteiger partial charge in [0.2, 0.25) is 11.6 Å². The molecule has 0 spiro atoms.